The van der Waals surface area contributed by atoms with E-state index in [0.29, 0.717) is 22.6 Å². The number of rotatable bonds is 5. The number of imidazole rings is 1. The molecule has 1 amide bonds. The fourth-order valence-corrected chi connectivity index (χ4v) is 3.48. The van der Waals surface area contributed by atoms with Crippen molar-refractivity contribution in [1.29, 1.82) is 0 Å². The molecule has 1 fully saturated rings. The van der Waals surface area contributed by atoms with E-state index in [-0.39, 0.29) is 29.9 Å². The van der Waals surface area contributed by atoms with E-state index in [2.05, 4.69) is 20.0 Å². The van der Waals surface area contributed by atoms with Crippen LogP contribution in [0.3, 0.4) is 0 Å². The van der Waals surface area contributed by atoms with Crippen molar-refractivity contribution in [3.63, 3.8) is 0 Å². The molecule has 162 valence electrons. The van der Waals surface area contributed by atoms with Crippen molar-refractivity contribution < 1.29 is 27.4 Å². The van der Waals surface area contributed by atoms with Crippen molar-refractivity contribution in [2.24, 2.45) is 5.92 Å². The number of aromatic nitrogens is 3. The molecule has 1 aliphatic heterocycles. The molecule has 11 heteroatoms. The molecule has 5 rings (SSSR count). The van der Waals surface area contributed by atoms with Gasteiger partial charge in [-0.3, -0.25) is 4.79 Å². The molecule has 8 nitrogen and oxygen atoms in total. The minimum absolute atomic E-state index is 0.0927. The number of nitrogens with one attached hydrogen (secondary N) is 1. The number of amides is 1. The van der Waals surface area contributed by atoms with Gasteiger partial charge in [0.05, 0.1) is 23.0 Å². The summed E-state index contributed by atoms with van der Waals surface area (Å²) in [5.74, 6) is 0.403. The molecule has 0 radical (unpaired) electrons. The molecule has 0 saturated heterocycles. The summed E-state index contributed by atoms with van der Waals surface area (Å²) >= 11 is 0. The third-order valence-corrected chi connectivity index (χ3v) is 5.27. The number of carbonyl (C=O) groups excluding carboxylic acids is 1. The van der Waals surface area contributed by atoms with E-state index in [9.17, 15) is 18.0 Å². The predicted octanol–water partition coefficient (Wildman–Crippen LogP) is 3.84. The zero-order valence-electron chi connectivity index (χ0n) is 16.4. The molecule has 2 aliphatic rings. The van der Waals surface area contributed by atoms with Gasteiger partial charge in [0, 0.05) is 19.7 Å². The van der Waals surface area contributed by atoms with E-state index in [1.807, 2.05) is 4.57 Å². The summed E-state index contributed by atoms with van der Waals surface area (Å²) in [5, 5.41) is 2.89. The summed E-state index contributed by atoms with van der Waals surface area (Å²) in [4.78, 5) is 21.7. The molecule has 3 aromatic rings. The maximum atomic E-state index is 13.0. The number of hydrogen-bond donors (Lipinski definition) is 1. The number of nitrogens with zero attached hydrogens (tertiary/aromatic N) is 4. The Morgan fingerprint density at radius 3 is 2.84 bits per heavy atom. The van der Waals surface area contributed by atoms with Crippen molar-refractivity contribution in [3.05, 3.63) is 30.6 Å². The average molecular weight is 433 g/mol. The summed E-state index contributed by atoms with van der Waals surface area (Å²) in [5.41, 5.74) is 1.68. The van der Waals surface area contributed by atoms with Crippen molar-refractivity contribution in [1.82, 2.24) is 14.5 Å². The van der Waals surface area contributed by atoms with Crippen LogP contribution in [-0.2, 0) is 11.3 Å². The van der Waals surface area contributed by atoms with E-state index < -0.39 is 12.1 Å². The van der Waals surface area contributed by atoms with Crippen LogP contribution in [0.2, 0.25) is 0 Å². The van der Waals surface area contributed by atoms with Gasteiger partial charge in [-0.25, -0.2) is 4.98 Å². The first-order valence-electron chi connectivity index (χ1n) is 9.69. The lowest BCUT2D eigenvalue weighted by molar-refractivity contribution is -0.274. The van der Waals surface area contributed by atoms with Crippen LogP contribution in [0.5, 0.6) is 11.6 Å². The maximum absolute atomic E-state index is 13.0. The highest BCUT2D eigenvalue weighted by molar-refractivity contribution is 5.97. The van der Waals surface area contributed by atoms with Crippen LogP contribution in [0.15, 0.2) is 30.6 Å². The normalized spacial score (nSPS) is 16.3. The van der Waals surface area contributed by atoms with Crippen molar-refractivity contribution >= 4 is 34.1 Å². The predicted molar refractivity (Wildman–Crippen MR) is 106 cm³/mol. The lowest BCUT2D eigenvalue weighted by Gasteiger charge is -2.25. The molecule has 1 aromatic carbocycles. The number of halogens is 3. The molecule has 2 aromatic heterocycles. The summed E-state index contributed by atoms with van der Waals surface area (Å²) in [6.45, 7) is 0.607. The number of carbonyl (C=O) groups is 1. The summed E-state index contributed by atoms with van der Waals surface area (Å²) in [6, 6.07) is 6.00. The van der Waals surface area contributed by atoms with Crippen LogP contribution in [0.1, 0.15) is 12.8 Å². The smallest absolute Gasteiger partial charge is 0.466 e. The molecule has 31 heavy (non-hydrogen) atoms. The van der Waals surface area contributed by atoms with Gasteiger partial charge in [-0.05, 0) is 37.0 Å². The fraction of sp³-hybridized carbons (Fsp3) is 0.350. The number of benzene rings is 1. The summed E-state index contributed by atoms with van der Waals surface area (Å²) in [6.07, 6.45) is -0.968. The van der Waals surface area contributed by atoms with Crippen molar-refractivity contribution in [3.8, 4) is 11.6 Å². The lowest BCUT2D eigenvalue weighted by Crippen LogP contribution is -2.35. The Morgan fingerprint density at radius 2 is 2.10 bits per heavy atom. The fourth-order valence-electron chi connectivity index (χ4n) is 3.48. The first kappa shape index (κ1) is 19.5. The number of likely N-dealkylation sites (N-methyl/N-ethyl adjacent to an activating group) is 1. The Balaban J connectivity index is 1.52. The van der Waals surface area contributed by atoms with Gasteiger partial charge >= 0.3 is 6.36 Å². The van der Waals surface area contributed by atoms with E-state index in [0.717, 1.165) is 19.4 Å². The summed E-state index contributed by atoms with van der Waals surface area (Å²) in [7, 11) is 1.60. The maximum Gasteiger partial charge on any atom is 0.573 e. The number of ether oxygens (including phenoxy) is 2. The Hall–Kier alpha value is -3.50. The third kappa shape index (κ3) is 3.94. The monoisotopic (exact) mass is 433 g/mol. The molecule has 1 N–H and O–H groups in total. The highest BCUT2D eigenvalue weighted by Gasteiger charge is 2.33. The topological polar surface area (TPSA) is 81.5 Å². The SMILES string of the molecule is CN1C(=O)COc2nc(Nc3cc4c(cc3OC(F)(F)F)ncn4CC3CC3)ccc21. The molecule has 1 aliphatic carbocycles. The third-order valence-electron chi connectivity index (χ3n) is 5.27. The zero-order valence-corrected chi connectivity index (χ0v) is 16.4. The largest absolute Gasteiger partial charge is 0.573 e. The first-order valence-corrected chi connectivity index (χ1v) is 9.69. The van der Waals surface area contributed by atoms with Crippen LogP contribution in [-0.4, -0.2) is 40.5 Å². The lowest BCUT2D eigenvalue weighted by atomic mass is 10.2. The second-order valence-electron chi connectivity index (χ2n) is 7.61. The van der Waals surface area contributed by atoms with Gasteiger partial charge in [0.15, 0.2) is 12.4 Å². The van der Waals surface area contributed by atoms with Crippen molar-refractivity contribution in [2.75, 3.05) is 23.9 Å². The van der Waals surface area contributed by atoms with Crippen LogP contribution in [0.25, 0.3) is 11.0 Å². The second kappa shape index (κ2) is 7.03. The number of fused-ring (bicyclic) bond motifs is 2. The Morgan fingerprint density at radius 1 is 1.29 bits per heavy atom. The molecule has 1 saturated carbocycles. The Kier molecular flexibility index (Phi) is 4.42. The van der Waals surface area contributed by atoms with E-state index in [4.69, 9.17) is 4.74 Å². The van der Waals surface area contributed by atoms with Crippen LogP contribution < -0.4 is 19.7 Å². The highest BCUT2D eigenvalue weighted by atomic mass is 19.4. The van der Waals surface area contributed by atoms with Gasteiger partial charge in [0.2, 0.25) is 5.88 Å². The van der Waals surface area contributed by atoms with Crippen LogP contribution in [0.4, 0.5) is 30.4 Å². The van der Waals surface area contributed by atoms with E-state index in [1.54, 1.807) is 31.6 Å². The molecular formula is C20H18F3N5O3. The van der Waals surface area contributed by atoms with Crippen molar-refractivity contribution in [2.45, 2.75) is 25.7 Å². The molecule has 0 unspecified atom stereocenters. The molecule has 3 heterocycles. The Labute approximate surface area is 174 Å². The standard InChI is InChI=1S/C20H18F3N5O3/c1-27-14-4-5-17(26-19(14)30-9-18(27)29)25-13-6-15-12(7-16(13)31-20(21,22)23)24-10-28(15)8-11-2-3-11/h4-7,10-11H,2-3,8-9H2,1H3,(H,25,26). The average Bonchev–Trinajstić information content (AvgIpc) is 3.45. The summed E-state index contributed by atoms with van der Waals surface area (Å²) < 4.78 is 50.5. The number of anilines is 3. The van der Waals surface area contributed by atoms with E-state index >= 15 is 0 Å². The minimum atomic E-state index is -4.86. The molecule has 0 bridgehead atoms. The van der Waals surface area contributed by atoms with E-state index in [1.165, 1.54) is 11.0 Å². The molecular weight excluding hydrogens is 415 g/mol. The number of pyridine rings is 1. The number of hydrogen-bond acceptors (Lipinski definition) is 6. The van der Waals surface area contributed by atoms with Gasteiger partial charge < -0.3 is 24.3 Å². The molecule has 0 atom stereocenters. The Bertz CT molecular complexity index is 1170. The minimum Gasteiger partial charge on any atom is -0.466 e. The first-order chi connectivity index (χ1) is 14.8. The molecule has 0 spiro atoms. The van der Waals surface area contributed by atoms with Gasteiger partial charge in [0.25, 0.3) is 5.91 Å². The zero-order chi connectivity index (χ0) is 21.8. The van der Waals surface area contributed by atoms with Gasteiger partial charge in [-0.2, -0.15) is 4.98 Å². The second-order valence-corrected chi connectivity index (χ2v) is 7.61. The van der Waals surface area contributed by atoms with Crippen LogP contribution in [0, 0.1) is 5.92 Å². The highest BCUT2D eigenvalue weighted by Crippen LogP contribution is 2.38. The quantitative estimate of drug-likeness (QED) is 0.659. The van der Waals surface area contributed by atoms with Gasteiger partial charge in [-0.15, -0.1) is 13.2 Å². The van der Waals surface area contributed by atoms with Gasteiger partial charge in [0.1, 0.15) is 11.5 Å². The number of alkyl halides is 3. The van der Waals surface area contributed by atoms with Gasteiger partial charge in [-0.1, -0.05) is 0 Å². The van der Waals surface area contributed by atoms with Crippen LogP contribution >= 0.6 is 0 Å².